The van der Waals surface area contributed by atoms with Crippen LogP contribution in [0.4, 0.5) is 5.69 Å². The molecule has 0 radical (unpaired) electrons. The van der Waals surface area contributed by atoms with Crippen molar-refractivity contribution in [2.75, 3.05) is 5.32 Å². The van der Waals surface area contributed by atoms with Gasteiger partial charge >= 0.3 is 0 Å². The van der Waals surface area contributed by atoms with Crippen LogP contribution in [0.2, 0.25) is 10.0 Å². The van der Waals surface area contributed by atoms with Gasteiger partial charge in [0.15, 0.2) is 0 Å². The van der Waals surface area contributed by atoms with E-state index in [9.17, 15) is 13.2 Å². The summed E-state index contributed by atoms with van der Waals surface area (Å²) < 4.78 is 24.6. The molecule has 3 rings (SSSR count). The molecule has 0 saturated heterocycles. The molecule has 3 aromatic rings. The van der Waals surface area contributed by atoms with Crippen molar-refractivity contribution in [3.05, 3.63) is 94.0 Å². The van der Waals surface area contributed by atoms with Crippen LogP contribution in [0.25, 0.3) is 0 Å². The first-order chi connectivity index (χ1) is 14.3. The molecule has 154 valence electrons. The lowest BCUT2D eigenvalue weighted by molar-refractivity contribution is 0.102. The van der Waals surface area contributed by atoms with Crippen molar-refractivity contribution >= 4 is 50.5 Å². The summed E-state index contributed by atoms with van der Waals surface area (Å²) in [6, 6.07) is 19.4. The van der Waals surface area contributed by atoms with E-state index in [1.165, 1.54) is 24.3 Å². The van der Waals surface area contributed by atoms with Crippen molar-refractivity contribution < 1.29 is 13.2 Å². The van der Waals surface area contributed by atoms with Crippen molar-refractivity contribution in [2.24, 2.45) is 5.10 Å². The van der Waals surface area contributed by atoms with Crippen LogP contribution in [0.3, 0.4) is 0 Å². The molecule has 0 unspecified atom stereocenters. The molecule has 0 atom stereocenters. The van der Waals surface area contributed by atoms with Gasteiger partial charge in [0.2, 0.25) is 0 Å². The van der Waals surface area contributed by atoms with E-state index < -0.39 is 15.9 Å². The minimum Gasteiger partial charge on any atom is -0.322 e. The first-order valence-corrected chi connectivity index (χ1v) is 11.0. The molecule has 0 heterocycles. The average molecular weight is 462 g/mol. The molecule has 6 nitrogen and oxygen atoms in total. The maximum absolute atomic E-state index is 12.5. The Hall–Kier alpha value is -2.87. The van der Waals surface area contributed by atoms with Crippen LogP contribution in [0.1, 0.15) is 22.8 Å². The molecule has 0 aromatic heterocycles. The molecule has 0 fully saturated rings. The quantitative estimate of drug-likeness (QED) is 0.402. The van der Waals surface area contributed by atoms with Crippen molar-refractivity contribution in [1.82, 2.24) is 4.83 Å². The fourth-order valence-electron chi connectivity index (χ4n) is 2.54. The molecule has 9 heteroatoms. The molecule has 30 heavy (non-hydrogen) atoms. The van der Waals surface area contributed by atoms with Gasteiger partial charge < -0.3 is 5.32 Å². The van der Waals surface area contributed by atoms with E-state index >= 15 is 0 Å². The molecule has 3 aromatic carbocycles. The fraction of sp³-hybridized carbons (Fsp3) is 0.0476. The first-order valence-electron chi connectivity index (χ1n) is 8.74. The maximum atomic E-state index is 12.5. The third-order valence-electron chi connectivity index (χ3n) is 4.10. The predicted molar refractivity (Wildman–Crippen MR) is 120 cm³/mol. The fourth-order valence-corrected chi connectivity index (χ4v) is 3.91. The van der Waals surface area contributed by atoms with Crippen molar-refractivity contribution in [3.8, 4) is 0 Å². The second-order valence-corrected chi connectivity index (χ2v) is 8.77. The van der Waals surface area contributed by atoms with Crippen molar-refractivity contribution in [1.29, 1.82) is 0 Å². The summed E-state index contributed by atoms with van der Waals surface area (Å²) in [5.41, 5.74) is 1.84. The Morgan fingerprint density at radius 2 is 1.67 bits per heavy atom. The summed E-state index contributed by atoms with van der Waals surface area (Å²) >= 11 is 11.9. The van der Waals surface area contributed by atoms with Gasteiger partial charge in [-0.15, -0.1) is 0 Å². The average Bonchev–Trinajstić information content (AvgIpc) is 2.73. The number of sulfonamides is 1. The SMILES string of the molecule is CC(=NNS(=O)(=O)c1ccccc1)c1cccc(NC(=O)c2ccc(Cl)cc2Cl)c1. The Bertz CT molecular complexity index is 1210. The van der Waals surface area contributed by atoms with E-state index in [0.29, 0.717) is 22.0 Å². The lowest BCUT2D eigenvalue weighted by Crippen LogP contribution is -2.20. The van der Waals surface area contributed by atoms with Gasteiger partial charge in [-0.3, -0.25) is 4.79 Å². The lowest BCUT2D eigenvalue weighted by atomic mass is 10.1. The van der Waals surface area contributed by atoms with E-state index in [4.69, 9.17) is 23.2 Å². The number of halogens is 2. The van der Waals surface area contributed by atoms with Gasteiger partial charge in [-0.1, -0.05) is 53.5 Å². The number of carbonyl (C=O) groups is 1. The first kappa shape index (κ1) is 21.8. The number of nitrogens with one attached hydrogen (secondary N) is 2. The number of anilines is 1. The van der Waals surface area contributed by atoms with Crippen molar-refractivity contribution in [3.63, 3.8) is 0 Å². The number of hydrogen-bond donors (Lipinski definition) is 2. The van der Waals surface area contributed by atoms with Gasteiger partial charge in [0, 0.05) is 10.7 Å². The zero-order valence-electron chi connectivity index (χ0n) is 15.8. The highest BCUT2D eigenvalue weighted by Gasteiger charge is 2.13. The second-order valence-electron chi connectivity index (χ2n) is 6.26. The molecule has 0 aliphatic rings. The molecule has 0 aliphatic heterocycles. The third-order valence-corrected chi connectivity index (χ3v) is 5.87. The van der Waals surface area contributed by atoms with Crippen LogP contribution in [-0.2, 0) is 10.0 Å². The highest BCUT2D eigenvalue weighted by molar-refractivity contribution is 7.89. The Morgan fingerprint density at radius 1 is 0.933 bits per heavy atom. The van der Waals surface area contributed by atoms with Crippen molar-refractivity contribution in [2.45, 2.75) is 11.8 Å². The van der Waals surface area contributed by atoms with E-state index in [-0.39, 0.29) is 15.5 Å². The standard InChI is InChI=1S/C21H17Cl2N3O3S/c1-14(25-26-30(28,29)18-8-3-2-4-9-18)15-6-5-7-17(12-15)24-21(27)19-11-10-16(22)13-20(19)23/h2-13,26H,1H3,(H,24,27). The molecule has 1 amide bonds. The number of amides is 1. The van der Waals surface area contributed by atoms with E-state index in [2.05, 4.69) is 15.2 Å². The highest BCUT2D eigenvalue weighted by Crippen LogP contribution is 2.22. The number of carbonyl (C=O) groups excluding carboxylic acids is 1. The van der Waals surface area contributed by atoms with E-state index in [1.54, 1.807) is 55.5 Å². The Morgan fingerprint density at radius 3 is 2.37 bits per heavy atom. The minimum absolute atomic E-state index is 0.113. The summed E-state index contributed by atoms with van der Waals surface area (Å²) in [5.74, 6) is -0.395. The van der Waals surface area contributed by atoms with Crippen LogP contribution in [0, 0.1) is 0 Å². The Labute approximate surface area is 184 Å². The van der Waals surface area contributed by atoms with Crippen LogP contribution in [0.5, 0.6) is 0 Å². The van der Waals surface area contributed by atoms with Crippen LogP contribution in [0.15, 0.2) is 82.8 Å². The summed E-state index contributed by atoms with van der Waals surface area (Å²) in [5, 5.41) is 7.40. The lowest BCUT2D eigenvalue weighted by Gasteiger charge is -2.09. The molecule has 0 bridgehead atoms. The number of hydrogen-bond acceptors (Lipinski definition) is 4. The monoisotopic (exact) mass is 461 g/mol. The molecular formula is C21H17Cl2N3O3S. The summed E-state index contributed by atoms with van der Waals surface area (Å²) in [7, 11) is -3.77. The highest BCUT2D eigenvalue weighted by atomic mass is 35.5. The number of benzene rings is 3. The molecule has 0 saturated carbocycles. The molecular weight excluding hydrogens is 445 g/mol. The maximum Gasteiger partial charge on any atom is 0.276 e. The molecule has 2 N–H and O–H groups in total. The third kappa shape index (κ3) is 5.38. The van der Waals surface area contributed by atoms with Gasteiger partial charge in [0.05, 0.1) is 21.2 Å². The second kappa shape index (κ2) is 9.30. The van der Waals surface area contributed by atoms with Crippen LogP contribution >= 0.6 is 23.2 Å². The molecule has 0 spiro atoms. The zero-order chi connectivity index (χ0) is 21.7. The summed E-state index contributed by atoms with van der Waals surface area (Å²) in [6.07, 6.45) is 0. The number of nitrogens with zero attached hydrogens (tertiary/aromatic N) is 1. The largest absolute Gasteiger partial charge is 0.322 e. The topological polar surface area (TPSA) is 87.6 Å². The Kier molecular flexibility index (Phi) is 6.77. The zero-order valence-corrected chi connectivity index (χ0v) is 18.1. The normalized spacial score (nSPS) is 11.8. The summed E-state index contributed by atoms with van der Waals surface area (Å²) in [6.45, 7) is 1.66. The minimum atomic E-state index is -3.77. The number of hydrazone groups is 1. The Balaban J connectivity index is 1.76. The van der Waals surface area contributed by atoms with Gasteiger partial charge in [0.1, 0.15) is 0 Å². The molecule has 0 aliphatic carbocycles. The van der Waals surface area contributed by atoms with Gasteiger partial charge in [-0.25, -0.2) is 0 Å². The van der Waals surface area contributed by atoms with E-state index in [0.717, 1.165) is 0 Å². The number of rotatable bonds is 6. The van der Waals surface area contributed by atoms with Crippen LogP contribution in [-0.4, -0.2) is 20.0 Å². The predicted octanol–water partition coefficient (Wildman–Crippen LogP) is 4.95. The van der Waals surface area contributed by atoms with E-state index in [1.807, 2.05) is 0 Å². The summed E-state index contributed by atoms with van der Waals surface area (Å²) in [4.78, 5) is 14.8. The van der Waals surface area contributed by atoms with Gasteiger partial charge in [-0.2, -0.15) is 18.4 Å². The van der Waals surface area contributed by atoms with Gasteiger partial charge in [-0.05, 0) is 55.0 Å². The van der Waals surface area contributed by atoms with Gasteiger partial charge in [0.25, 0.3) is 15.9 Å². The smallest absolute Gasteiger partial charge is 0.276 e. The van der Waals surface area contributed by atoms with Crippen LogP contribution < -0.4 is 10.1 Å².